The van der Waals surface area contributed by atoms with E-state index in [4.69, 9.17) is 11.6 Å². The lowest BCUT2D eigenvalue weighted by atomic mass is 9.98. The minimum atomic E-state index is -4.02. The minimum Gasteiger partial charge on any atom is -0.382 e. The van der Waals surface area contributed by atoms with Gasteiger partial charge in [-0.25, -0.2) is 13.8 Å². The van der Waals surface area contributed by atoms with Gasteiger partial charge in [0.05, 0.1) is 17.8 Å². The van der Waals surface area contributed by atoms with Gasteiger partial charge < -0.3 is 10.0 Å². The van der Waals surface area contributed by atoms with E-state index in [0.717, 1.165) is 11.0 Å². The minimum absolute atomic E-state index is 0.123. The summed E-state index contributed by atoms with van der Waals surface area (Å²) in [7, 11) is 0. The van der Waals surface area contributed by atoms with E-state index < -0.39 is 35.5 Å². The molecule has 0 aliphatic carbocycles. The summed E-state index contributed by atoms with van der Waals surface area (Å²) in [4.78, 5) is 16.7. The van der Waals surface area contributed by atoms with Crippen molar-refractivity contribution in [3.8, 4) is 0 Å². The number of benzene rings is 1. The molecule has 0 saturated carbocycles. The third-order valence-corrected chi connectivity index (χ3v) is 4.09. The molecule has 0 radical (unpaired) electrons. The molecule has 1 aromatic heterocycles. The summed E-state index contributed by atoms with van der Waals surface area (Å²) in [6.45, 7) is -0.238. The number of halogens is 5. The van der Waals surface area contributed by atoms with Gasteiger partial charge in [0.1, 0.15) is 11.3 Å². The number of carbonyl (C=O) groups is 1. The maximum atomic E-state index is 14.5. The number of alkyl halides is 4. The van der Waals surface area contributed by atoms with E-state index in [1.807, 2.05) is 0 Å². The lowest BCUT2D eigenvalue weighted by molar-refractivity contribution is -0.142. The number of rotatable bonds is 4. The molecule has 25 heavy (non-hydrogen) atoms. The zero-order valence-corrected chi connectivity index (χ0v) is 13.2. The van der Waals surface area contributed by atoms with Crippen LogP contribution in [0.2, 0.25) is 5.15 Å². The summed E-state index contributed by atoms with van der Waals surface area (Å²) in [5.41, 5.74) is -1.34. The van der Waals surface area contributed by atoms with Crippen molar-refractivity contribution in [1.82, 2.24) is 4.98 Å². The Labute approximate surface area is 144 Å². The summed E-state index contributed by atoms with van der Waals surface area (Å²) in [6.07, 6.45) is -4.32. The van der Waals surface area contributed by atoms with Crippen LogP contribution in [0.15, 0.2) is 36.5 Å². The molecule has 0 bridgehead atoms. The van der Waals surface area contributed by atoms with Crippen molar-refractivity contribution in [2.75, 3.05) is 4.90 Å². The Morgan fingerprint density at radius 3 is 2.64 bits per heavy atom. The number of pyridine rings is 1. The van der Waals surface area contributed by atoms with Crippen molar-refractivity contribution in [3.63, 3.8) is 0 Å². The number of aromatic nitrogens is 1. The monoisotopic (exact) mass is 374 g/mol. The first kappa shape index (κ1) is 17.6. The number of aliphatic hydroxyl groups is 1. The maximum absolute atomic E-state index is 14.5. The number of nitrogens with zero attached hydrogens (tertiary/aromatic N) is 2. The second kappa shape index (κ2) is 6.27. The molecule has 0 saturated heterocycles. The van der Waals surface area contributed by atoms with E-state index in [1.165, 1.54) is 30.5 Å². The van der Waals surface area contributed by atoms with Crippen LogP contribution in [0.1, 0.15) is 22.8 Å². The largest absolute Gasteiger partial charge is 0.382 e. The molecule has 132 valence electrons. The summed E-state index contributed by atoms with van der Waals surface area (Å²) >= 11 is 5.75. The molecule has 0 fully saturated rings. The molecule has 1 aliphatic heterocycles. The van der Waals surface area contributed by atoms with Crippen molar-refractivity contribution < 1.29 is 27.5 Å². The van der Waals surface area contributed by atoms with E-state index in [0.29, 0.717) is 5.56 Å². The Morgan fingerprint density at radius 2 is 2.00 bits per heavy atom. The van der Waals surface area contributed by atoms with Crippen LogP contribution in [0.5, 0.6) is 0 Å². The Kier molecular flexibility index (Phi) is 4.42. The van der Waals surface area contributed by atoms with Gasteiger partial charge in [0.15, 0.2) is 0 Å². The van der Waals surface area contributed by atoms with E-state index in [9.17, 15) is 27.5 Å². The van der Waals surface area contributed by atoms with Gasteiger partial charge in [-0.05, 0) is 29.3 Å². The van der Waals surface area contributed by atoms with E-state index in [2.05, 4.69) is 4.98 Å². The molecule has 2 aromatic rings. The summed E-state index contributed by atoms with van der Waals surface area (Å²) in [5, 5.41) is 9.68. The standard InChI is InChI=1S/C16H11ClF4N2O2/c17-11-6-8(4-5-22-11)7-23-10-3-1-2-9(13(24)14(18)19)12(10)16(20,21)15(23)25/h1-6,13-14,24H,7H2/t13-/m0/s1. The molecule has 1 atom stereocenters. The highest BCUT2D eigenvalue weighted by Gasteiger charge is 2.55. The predicted molar refractivity (Wildman–Crippen MR) is 81.7 cm³/mol. The van der Waals surface area contributed by atoms with Gasteiger partial charge in [0.2, 0.25) is 0 Å². The van der Waals surface area contributed by atoms with Crippen molar-refractivity contribution in [3.05, 3.63) is 58.4 Å². The maximum Gasteiger partial charge on any atom is 0.352 e. The molecule has 2 heterocycles. The SMILES string of the molecule is O=C1N(Cc2ccnc(Cl)c2)c2cccc([C@H](O)C(F)F)c2C1(F)F. The third-order valence-electron chi connectivity index (χ3n) is 3.88. The molecule has 1 N–H and O–H groups in total. The van der Waals surface area contributed by atoms with Crippen LogP contribution in [0.3, 0.4) is 0 Å². The fourth-order valence-corrected chi connectivity index (χ4v) is 2.97. The number of carbonyl (C=O) groups excluding carboxylic acids is 1. The second-order valence-electron chi connectivity index (χ2n) is 5.47. The number of hydrogen-bond acceptors (Lipinski definition) is 3. The molecule has 1 aromatic carbocycles. The van der Waals surface area contributed by atoms with E-state index in [-0.39, 0.29) is 17.4 Å². The first-order valence-electron chi connectivity index (χ1n) is 7.13. The lowest BCUT2D eigenvalue weighted by Crippen LogP contribution is -2.34. The summed E-state index contributed by atoms with van der Waals surface area (Å²) < 4.78 is 54.5. The van der Waals surface area contributed by atoms with Gasteiger partial charge in [-0.2, -0.15) is 8.78 Å². The fraction of sp³-hybridized carbons (Fsp3) is 0.250. The Morgan fingerprint density at radius 1 is 1.28 bits per heavy atom. The van der Waals surface area contributed by atoms with Crippen LogP contribution < -0.4 is 4.90 Å². The first-order chi connectivity index (χ1) is 11.7. The molecule has 0 spiro atoms. The molecular formula is C16H11ClF4N2O2. The smallest absolute Gasteiger partial charge is 0.352 e. The van der Waals surface area contributed by atoms with Crippen molar-refractivity contribution in [2.24, 2.45) is 0 Å². The highest BCUT2D eigenvalue weighted by Crippen LogP contribution is 2.48. The third kappa shape index (κ3) is 2.96. The van der Waals surface area contributed by atoms with Crippen molar-refractivity contribution >= 4 is 23.2 Å². The Hall–Kier alpha value is -2.19. The number of amides is 1. The van der Waals surface area contributed by atoms with Gasteiger partial charge in [-0.3, -0.25) is 4.79 Å². The van der Waals surface area contributed by atoms with E-state index in [1.54, 1.807) is 0 Å². The topological polar surface area (TPSA) is 53.4 Å². The average molecular weight is 375 g/mol. The zero-order valence-electron chi connectivity index (χ0n) is 12.5. The Bertz CT molecular complexity index is 832. The van der Waals surface area contributed by atoms with Crippen LogP contribution in [-0.4, -0.2) is 22.4 Å². The normalized spacial score (nSPS) is 17.1. The quantitative estimate of drug-likeness (QED) is 0.656. The fourth-order valence-electron chi connectivity index (χ4n) is 2.77. The first-order valence-corrected chi connectivity index (χ1v) is 7.51. The molecular weight excluding hydrogens is 364 g/mol. The predicted octanol–water partition coefficient (Wildman–Crippen LogP) is 3.67. The van der Waals surface area contributed by atoms with Crippen LogP contribution >= 0.6 is 11.6 Å². The van der Waals surface area contributed by atoms with Crippen molar-refractivity contribution in [1.29, 1.82) is 0 Å². The molecule has 9 heteroatoms. The number of aliphatic hydroxyl groups excluding tert-OH is 1. The molecule has 4 nitrogen and oxygen atoms in total. The van der Waals surface area contributed by atoms with Crippen LogP contribution in [0.4, 0.5) is 23.2 Å². The number of anilines is 1. The van der Waals surface area contributed by atoms with Gasteiger partial charge in [-0.15, -0.1) is 0 Å². The van der Waals surface area contributed by atoms with Crippen molar-refractivity contribution in [2.45, 2.75) is 25.0 Å². The molecule has 3 rings (SSSR count). The van der Waals surface area contributed by atoms with Crippen LogP contribution in [0, 0.1) is 0 Å². The average Bonchev–Trinajstić information content (AvgIpc) is 2.75. The molecule has 1 amide bonds. The van der Waals surface area contributed by atoms with Gasteiger partial charge in [0.25, 0.3) is 6.43 Å². The highest BCUT2D eigenvalue weighted by atomic mass is 35.5. The highest BCUT2D eigenvalue weighted by molar-refractivity contribution is 6.29. The summed E-state index contributed by atoms with van der Waals surface area (Å²) in [6, 6.07) is 6.32. The lowest BCUT2D eigenvalue weighted by Gasteiger charge is -2.18. The van der Waals surface area contributed by atoms with E-state index >= 15 is 0 Å². The van der Waals surface area contributed by atoms with Crippen LogP contribution in [-0.2, 0) is 17.3 Å². The summed E-state index contributed by atoms with van der Waals surface area (Å²) in [5.74, 6) is -5.57. The number of fused-ring (bicyclic) bond motifs is 1. The van der Waals surface area contributed by atoms with Gasteiger partial charge in [-0.1, -0.05) is 23.7 Å². The second-order valence-corrected chi connectivity index (χ2v) is 5.86. The molecule has 1 aliphatic rings. The van der Waals surface area contributed by atoms with Crippen LogP contribution in [0.25, 0.3) is 0 Å². The number of hydrogen-bond donors (Lipinski definition) is 1. The molecule has 0 unspecified atom stereocenters. The van der Waals surface area contributed by atoms with Gasteiger partial charge in [0, 0.05) is 6.20 Å². The van der Waals surface area contributed by atoms with Gasteiger partial charge >= 0.3 is 11.8 Å². The Balaban J connectivity index is 2.08. The zero-order chi connectivity index (χ0) is 18.4.